The van der Waals surface area contributed by atoms with Crippen LogP contribution < -0.4 is 16.4 Å². The molecule has 0 aromatic heterocycles. The average Bonchev–Trinajstić information content (AvgIpc) is 2.73. The lowest BCUT2D eigenvalue weighted by Gasteiger charge is -2.26. The van der Waals surface area contributed by atoms with Crippen molar-refractivity contribution < 1.29 is 19.8 Å². The van der Waals surface area contributed by atoms with E-state index in [0.29, 0.717) is 19.6 Å². The first kappa shape index (κ1) is 24.6. The van der Waals surface area contributed by atoms with Gasteiger partial charge in [-0.2, -0.15) is 0 Å². The van der Waals surface area contributed by atoms with Crippen LogP contribution in [0.2, 0.25) is 0 Å². The van der Waals surface area contributed by atoms with E-state index in [4.69, 9.17) is 5.73 Å². The van der Waals surface area contributed by atoms with Crippen LogP contribution in [0.5, 0.6) is 0 Å². The second-order valence-corrected chi connectivity index (χ2v) is 6.80. The lowest BCUT2D eigenvalue weighted by atomic mass is 10.1. The van der Waals surface area contributed by atoms with Crippen molar-refractivity contribution in [3.8, 4) is 0 Å². The van der Waals surface area contributed by atoms with Gasteiger partial charge in [-0.05, 0) is 44.2 Å². The second kappa shape index (κ2) is 12.9. The number of carbonyl (C=O) groups is 2. The Morgan fingerprint density at radius 2 is 1.83 bits per heavy atom. The van der Waals surface area contributed by atoms with Crippen molar-refractivity contribution in [1.29, 1.82) is 0 Å². The van der Waals surface area contributed by atoms with E-state index in [1.807, 2.05) is 31.2 Å². The summed E-state index contributed by atoms with van der Waals surface area (Å²) < 4.78 is 0. The normalized spacial score (nSPS) is 14.3. The van der Waals surface area contributed by atoms with Gasteiger partial charge in [0.1, 0.15) is 0 Å². The van der Waals surface area contributed by atoms with Gasteiger partial charge in [-0.1, -0.05) is 31.6 Å². The molecular weight excluding hydrogens is 372 g/mol. The van der Waals surface area contributed by atoms with Crippen LogP contribution in [0.15, 0.2) is 36.5 Å². The van der Waals surface area contributed by atoms with Gasteiger partial charge < -0.3 is 31.5 Å². The number of nitrogens with zero attached hydrogens (tertiary/aromatic N) is 1. The lowest BCUT2D eigenvalue weighted by molar-refractivity contribution is -0.153. The Balaban J connectivity index is 2.66. The number of hydrogen-bond acceptors (Lipinski definition) is 6. The zero-order chi connectivity index (χ0) is 21.8. The maximum Gasteiger partial charge on any atom is 0.254 e. The first-order valence-electron chi connectivity index (χ1n) is 10.0. The summed E-state index contributed by atoms with van der Waals surface area (Å²) in [4.78, 5) is 26.1. The van der Waals surface area contributed by atoms with E-state index in [-0.39, 0.29) is 0 Å². The molecule has 0 aliphatic carbocycles. The summed E-state index contributed by atoms with van der Waals surface area (Å²) in [6.45, 7) is 6.88. The van der Waals surface area contributed by atoms with Crippen LogP contribution in [0.4, 0.5) is 5.69 Å². The molecule has 29 heavy (non-hydrogen) atoms. The van der Waals surface area contributed by atoms with Gasteiger partial charge in [-0.15, -0.1) is 0 Å². The lowest BCUT2D eigenvalue weighted by Crippen LogP contribution is -2.51. The number of hydrogen-bond donors (Lipinski definition) is 5. The third kappa shape index (κ3) is 7.84. The number of unbranched alkanes of at least 4 members (excludes halogenated alkanes) is 1. The number of benzene rings is 1. The maximum atomic E-state index is 12.3. The summed E-state index contributed by atoms with van der Waals surface area (Å²) in [5, 5.41) is 26.0. The maximum absolute atomic E-state index is 12.3. The van der Waals surface area contributed by atoms with Crippen molar-refractivity contribution in [3.05, 3.63) is 42.1 Å². The Bertz CT molecular complexity index is 663. The molecule has 2 amide bonds. The van der Waals surface area contributed by atoms with Crippen LogP contribution in [0.25, 0.3) is 0 Å². The Labute approximate surface area is 172 Å². The average molecular weight is 407 g/mol. The highest BCUT2D eigenvalue weighted by molar-refractivity contribution is 5.90. The van der Waals surface area contributed by atoms with Crippen LogP contribution >= 0.6 is 0 Å². The Morgan fingerprint density at radius 1 is 1.17 bits per heavy atom. The third-order valence-electron chi connectivity index (χ3n) is 4.57. The molecule has 1 aromatic carbocycles. The molecule has 0 saturated heterocycles. The van der Waals surface area contributed by atoms with Gasteiger partial charge in [-0.3, -0.25) is 9.59 Å². The molecule has 3 atom stereocenters. The Morgan fingerprint density at radius 3 is 2.38 bits per heavy atom. The van der Waals surface area contributed by atoms with E-state index >= 15 is 0 Å². The van der Waals surface area contributed by atoms with E-state index in [1.165, 1.54) is 4.90 Å². The number of rotatable bonds is 12. The highest BCUT2D eigenvalue weighted by Crippen LogP contribution is 2.16. The van der Waals surface area contributed by atoms with Gasteiger partial charge in [0.25, 0.3) is 11.8 Å². The minimum atomic E-state index is -1.83. The highest BCUT2D eigenvalue weighted by atomic mass is 16.3. The topological polar surface area (TPSA) is 128 Å². The molecule has 3 unspecified atom stereocenters. The predicted molar refractivity (Wildman–Crippen MR) is 114 cm³/mol. The molecule has 0 aliphatic heterocycles. The number of carbonyl (C=O) groups excluding carboxylic acids is 2. The molecule has 0 fully saturated rings. The minimum Gasteiger partial charge on any atom is -0.380 e. The van der Waals surface area contributed by atoms with Gasteiger partial charge in [-0.25, -0.2) is 0 Å². The third-order valence-corrected chi connectivity index (χ3v) is 4.57. The number of amides is 2. The zero-order valence-corrected chi connectivity index (χ0v) is 17.5. The van der Waals surface area contributed by atoms with Crippen molar-refractivity contribution in [2.24, 2.45) is 5.73 Å². The van der Waals surface area contributed by atoms with E-state index in [9.17, 15) is 19.8 Å². The first-order valence-corrected chi connectivity index (χ1v) is 10.0. The van der Waals surface area contributed by atoms with E-state index in [2.05, 4.69) is 10.6 Å². The van der Waals surface area contributed by atoms with Crippen molar-refractivity contribution >= 4 is 17.5 Å². The van der Waals surface area contributed by atoms with Crippen LogP contribution in [-0.2, 0) is 9.59 Å². The van der Waals surface area contributed by atoms with Crippen molar-refractivity contribution in [2.45, 2.75) is 51.9 Å². The number of aliphatic hydroxyl groups is 2. The molecule has 1 rings (SSSR count). The van der Waals surface area contributed by atoms with Crippen molar-refractivity contribution in [2.75, 3.05) is 25.0 Å². The summed E-state index contributed by atoms with van der Waals surface area (Å²) in [7, 11) is 0. The van der Waals surface area contributed by atoms with Gasteiger partial charge in [0.2, 0.25) is 0 Å². The molecule has 0 radical (unpaired) electrons. The van der Waals surface area contributed by atoms with Gasteiger partial charge >= 0.3 is 0 Å². The molecule has 0 spiro atoms. The first-order chi connectivity index (χ1) is 13.8. The summed E-state index contributed by atoms with van der Waals surface area (Å²) >= 11 is 0. The molecule has 6 N–H and O–H groups in total. The molecule has 162 valence electrons. The molecule has 0 heterocycles. The number of anilines is 1. The smallest absolute Gasteiger partial charge is 0.254 e. The van der Waals surface area contributed by atoms with Crippen LogP contribution in [-0.4, -0.2) is 58.8 Å². The summed E-state index contributed by atoms with van der Waals surface area (Å²) in [6.07, 6.45) is 1.60. The quantitative estimate of drug-likeness (QED) is 0.354. The second-order valence-electron chi connectivity index (χ2n) is 6.80. The standard InChI is InChI=1S/C21H34N4O4/c1-4-6-14-25(5-2)21(29)19(27)18(26)20(28)24-15(3)16-8-10-17(11-9-16)23-13-7-12-22/h7-11,13,15,18-19,23,26-27H,4-6,12,14,22H2,1-3H3,(H,24,28)/b13-7-. The van der Waals surface area contributed by atoms with Gasteiger partial charge in [0.15, 0.2) is 12.2 Å². The van der Waals surface area contributed by atoms with Crippen molar-refractivity contribution in [3.63, 3.8) is 0 Å². The van der Waals surface area contributed by atoms with Crippen LogP contribution in [0, 0.1) is 0 Å². The molecule has 8 heteroatoms. The summed E-state index contributed by atoms with van der Waals surface area (Å²) in [5.74, 6) is -1.44. The monoisotopic (exact) mass is 406 g/mol. The molecule has 0 aliphatic rings. The Kier molecular flexibility index (Phi) is 11.0. The van der Waals surface area contributed by atoms with E-state index in [0.717, 1.165) is 24.1 Å². The molecular formula is C21H34N4O4. The number of likely N-dealkylation sites (N-methyl/N-ethyl adjacent to an activating group) is 1. The fourth-order valence-electron chi connectivity index (χ4n) is 2.71. The summed E-state index contributed by atoms with van der Waals surface area (Å²) in [6, 6.07) is 6.96. The number of aliphatic hydroxyl groups excluding tert-OH is 2. The van der Waals surface area contributed by atoms with Crippen LogP contribution in [0.3, 0.4) is 0 Å². The summed E-state index contributed by atoms with van der Waals surface area (Å²) in [5.41, 5.74) is 7.07. The molecule has 1 aromatic rings. The predicted octanol–water partition coefficient (Wildman–Crippen LogP) is 1.12. The molecule has 0 saturated carbocycles. The highest BCUT2D eigenvalue weighted by Gasteiger charge is 2.33. The van der Waals surface area contributed by atoms with Gasteiger partial charge in [0, 0.05) is 25.3 Å². The molecule has 8 nitrogen and oxygen atoms in total. The Hall–Kier alpha value is -2.42. The SMILES string of the molecule is CCCCN(CC)C(=O)C(O)C(O)C(=O)NC(C)c1ccc(N/C=C\CN)cc1. The fraction of sp³-hybridized carbons (Fsp3) is 0.524. The largest absolute Gasteiger partial charge is 0.380 e. The van der Waals surface area contributed by atoms with Crippen LogP contribution in [0.1, 0.15) is 45.2 Å². The fourth-order valence-corrected chi connectivity index (χ4v) is 2.71. The molecule has 0 bridgehead atoms. The number of nitrogens with one attached hydrogen (secondary N) is 2. The zero-order valence-electron chi connectivity index (χ0n) is 17.5. The van der Waals surface area contributed by atoms with Crippen molar-refractivity contribution in [1.82, 2.24) is 10.2 Å². The minimum absolute atomic E-state index is 0.404. The van der Waals surface area contributed by atoms with E-state index < -0.39 is 30.1 Å². The van der Waals surface area contributed by atoms with E-state index in [1.54, 1.807) is 26.1 Å². The van der Waals surface area contributed by atoms with Gasteiger partial charge in [0.05, 0.1) is 6.04 Å². The number of nitrogens with two attached hydrogens (primary N) is 1.